The smallest absolute Gasteiger partial charge is 0.407 e. The number of benzene rings is 2. The minimum Gasteiger partial charge on any atom is -0.453 e. The van der Waals surface area contributed by atoms with Crippen molar-refractivity contribution >= 4 is 35.2 Å². The summed E-state index contributed by atoms with van der Waals surface area (Å²) in [5.41, 5.74) is 1.15. The van der Waals surface area contributed by atoms with Crippen molar-refractivity contribution in [1.29, 1.82) is 0 Å². The largest absolute Gasteiger partial charge is 0.453 e. The van der Waals surface area contributed by atoms with E-state index in [0.717, 1.165) is 24.9 Å². The SMILES string of the molecule is COC(=O)N[C@@H](Cc1ccc(Cl)cc1)C(=O)Nc1cccc(F)c1CC[C@@H]1CNCC2(CCN(C(C)=O)CC2)O1. The molecule has 3 N–H and O–H groups in total. The van der Waals surface area contributed by atoms with E-state index in [-0.39, 0.29) is 24.0 Å². The van der Waals surface area contributed by atoms with Crippen LogP contribution in [0, 0.1) is 5.82 Å². The summed E-state index contributed by atoms with van der Waals surface area (Å²) in [6.07, 6.45) is 1.68. The van der Waals surface area contributed by atoms with Gasteiger partial charge in [0.1, 0.15) is 11.9 Å². The average Bonchev–Trinajstić information content (AvgIpc) is 2.93. The van der Waals surface area contributed by atoms with Gasteiger partial charge in [-0.15, -0.1) is 0 Å². The predicted octanol–water partition coefficient (Wildman–Crippen LogP) is 3.69. The lowest BCUT2D eigenvalue weighted by atomic mass is 9.88. The molecule has 11 heteroatoms. The zero-order valence-corrected chi connectivity index (χ0v) is 23.6. The van der Waals surface area contributed by atoms with Gasteiger partial charge in [0.2, 0.25) is 11.8 Å². The number of hydrogen-bond donors (Lipinski definition) is 3. The van der Waals surface area contributed by atoms with Crippen LogP contribution in [0.1, 0.15) is 37.3 Å². The van der Waals surface area contributed by atoms with E-state index in [0.29, 0.717) is 48.7 Å². The highest BCUT2D eigenvalue weighted by atomic mass is 35.5. The maximum atomic E-state index is 15.0. The van der Waals surface area contributed by atoms with Gasteiger partial charge in [0.05, 0.1) is 18.8 Å². The molecule has 2 aromatic carbocycles. The van der Waals surface area contributed by atoms with Gasteiger partial charge in [-0.25, -0.2) is 9.18 Å². The number of alkyl carbamates (subject to hydrolysis) is 1. The summed E-state index contributed by atoms with van der Waals surface area (Å²) in [4.78, 5) is 38.8. The monoisotopic (exact) mass is 574 g/mol. The second kappa shape index (κ2) is 13.4. The van der Waals surface area contributed by atoms with Gasteiger partial charge in [0.25, 0.3) is 0 Å². The number of piperidine rings is 1. The highest BCUT2D eigenvalue weighted by molar-refractivity contribution is 6.30. The molecule has 2 saturated heterocycles. The molecule has 0 saturated carbocycles. The fraction of sp³-hybridized carbons (Fsp3) is 0.483. The summed E-state index contributed by atoms with van der Waals surface area (Å²) in [6.45, 7) is 4.25. The predicted molar refractivity (Wildman–Crippen MR) is 150 cm³/mol. The maximum absolute atomic E-state index is 15.0. The van der Waals surface area contributed by atoms with Crippen molar-refractivity contribution in [3.05, 3.63) is 64.4 Å². The molecule has 0 unspecified atom stereocenters. The molecule has 4 rings (SSSR count). The molecule has 2 aliphatic heterocycles. The molecule has 0 aliphatic carbocycles. The lowest BCUT2D eigenvalue weighted by Gasteiger charge is -2.46. The third-order valence-electron chi connectivity index (χ3n) is 7.60. The van der Waals surface area contributed by atoms with Crippen LogP contribution in [0.2, 0.25) is 5.02 Å². The number of halogens is 2. The second-order valence-corrected chi connectivity index (χ2v) is 10.8. The average molecular weight is 575 g/mol. The molecule has 2 heterocycles. The van der Waals surface area contributed by atoms with Crippen LogP contribution < -0.4 is 16.0 Å². The Kier molecular flexibility index (Phi) is 9.99. The van der Waals surface area contributed by atoms with Gasteiger partial charge in [-0.2, -0.15) is 0 Å². The first-order chi connectivity index (χ1) is 19.2. The number of carbonyl (C=O) groups is 3. The summed E-state index contributed by atoms with van der Waals surface area (Å²) < 4.78 is 26.2. The van der Waals surface area contributed by atoms with Gasteiger partial charge in [-0.1, -0.05) is 29.8 Å². The van der Waals surface area contributed by atoms with Crippen molar-refractivity contribution in [2.75, 3.05) is 38.6 Å². The molecule has 1 spiro atoms. The van der Waals surface area contributed by atoms with Crippen LogP contribution in [0.15, 0.2) is 42.5 Å². The van der Waals surface area contributed by atoms with Gasteiger partial charge in [0, 0.05) is 55.8 Å². The number of ether oxygens (including phenoxy) is 2. The number of nitrogens with one attached hydrogen (secondary N) is 3. The Labute approximate surface area is 238 Å². The van der Waals surface area contributed by atoms with E-state index in [2.05, 4.69) is 16.0 Å². The maximum Gasteiger partial charge on any atom is 0.407 e. The second-order valence-electron chi connectivity index (χ2n) is 10.4. The summed E-state index contributed by atoms with van der Waals surface area (Å²) in [7, 11) is 1.22. The Hall–Kier alpha value is -3.21. The van der Waals surface area contributed by atoms with Gasteiger partial charge >= 0.3 is 6.09 Å². The molecule has 2 aliphatic rings. The van der Waals surface area contributed by atoms with E-state index in [1.54, 1.807) is 37.3 Å². The van der Waals surface area contributed by atoms with Crippen molar-refractivity contribution in [2.24, 2.45) is 0 Å². The Morgan fingerprint density at radius 3 is 2.60 bits per heavy atom. The highest BCUT2D eigenvalue weighted by Crippen LogP contribution is 2.31. The van der Waals surface area contributed by atoms with Crippen LogP contribution in [-0.4, -0.2) is 73.8 Å². The quantitative estimate of drug-likeness (QED) is 0.444. The van der Waals surface area contributed by atoms with Gasteiger partial charge < -0.3 is 30.3 Å². The first kappa shape index (κ1) is 29.8. The number of morpholine rings is 1. The van der Waals surface area contributed by atoms with E-state index < -0.39 is 23.9 Å². The molecule has 2 fully saturated rings. The van der Waals surface area contributed by atoms with Gasteiger partial charge in [-0.3, -0.25) is 9.59 Å². The minimum atomic E-state index is -0.962. The van der Waals surface area contributed by atoms with E-state index >= 15 is 4.39 Å². The third-order valence-corrected chi connectivity index (χ3v) is 7.85. The van der Waals surface area contributed by atoms with E-state index in [4.69, 9.17) is 21.1 Å². The molecule has 2 atom stereocenters. The molecular weight excluding hydrogens is 539 g/mol. The van der Waals surface area contributed by atoms with Crippen LogP contribution in [0.3, 0.4) is 0 Å². The number of rotatable bonds is 8. The zero-order valence-electron chi connectivity index (χ0n) is 22.8. The number of nitrogens with zero attached hydrogens (tertiary/aromatic N) is 1. The molecule has 0 aromatic heterocycles. The van der Waals surface area contributed by atoms with Gasteiger partial charge in [-0.05, 0) is 55.5 Å². The van der Waals surface area contributed by atoms with E-state index in [1.165, 1.54) is 19.2 Å². The lowest BCUT2D eigenvalue weighted by Crippen LogP contribution is -2.58. The van der Waals surface area contributed by atoms with E-state index in [1.807, 2.05) is 4.90 Å². The number of methoxy groups -OCH3 is 1. The summed E-state index contributed by atoms with van der Waals surface area (Å²) in [5.74, 6) is -0.860. The van der Waals surface area contributed by atoms with Crippen LogP contribution in [0.4, 0.5) is 14.9 Å². The number of likely N-dealkylation sites (tertiary alicyclic amines) is 1. The van der Waals surface area contributed by atoms with Crippen LogP contribution in [-0.2, 0) is 31.9 Å². The third kappa shape index (κ3) is 7.71. The van der Waals surface area contributed by atoms with Crippen molar-refractivity contribution < 1.29 is 28.2 Å². The number of amides is 3. The lowest BCUT2D eigenvalue weighted by molar-refractivity contribution is -0.153. The van der Waals surface area contributed by atoms with Crippen molar-refractivity contribution in [2.45, 2.75) is 56.8 Å². The van der Waals surface area contributed by atoms with E-state index in [9.17, 15) is 14.4 Å². The summed E-state index contributed by atoms with van der Waals surface area (Å²) in [5, 5.41) is 9.37. The molecular formula is C29H36ClFN4O5. The standard InChI is InChI=1S/C29H36ClFN4O5/c1-19(36)35-14-12-29(13-15-35)18-32-17-22(40-29)10-11-23-24(31)4-3-5-25(23)33-27(37)26(34-28(38)39-2)16-20-6-8-21(30)9-7-20/h3-9,22,26,32H,10-18H2,1-2H3,(H,33,37)(H,34,38)/t22-,26+/m1/s1. The van der Waals surface area contributed by atoms with Crippen molar-refractivity contribution in [3.63, 3.8) is 0 Å². The summed E-state index contributed by atoms with van der Waals surface area (Å²) >= 11 is 5.97. The van der Waals surface area contributed by atoms with Crippen LogP contribution in [0.5, 0.6) is 0 Å². The zero-order chi connectivity index (χ0) is 28.7. The van der Waals surface area contributed by atoms with Crippen molar-refractivity contribution in [1.82, 2.24) is 15.5 Å². The molecule has 9 nitrogen and oxygen atoms in total. The molecule has 40 heavy (non-hydrogen) atoms. The first-order valence-corrected chi connectivity index (χ1v) is 13.9. The normalized spacial score (nSPS) is 19.1. The highest BCUT2D eigenvalue weighted by Gasteiger charge is 2.40. The fourth-order valence-electron chi connectivity index (χ4n) is 5.30. The number of carbonyl (C=O) groups excluding carboxylic acids is 3. The first-order valence-electron chi connectivity index (χ1n) is 13.5. The van der Waals surface area contributed by atoms with Gasteiger partial charge in [0.15, 0.2) is 0 Å². The molecule has 0 radical (unpaired) electrons. The van der Waals surface area contributed by atoms with Crippen LogP contribution in [0.25, 0.3) is 0 Å². The Balaban J connectivity index is 1.42. The topological polar surface area (TPSA) is 109 Å². The van der Waals surface area contributed by atoms with Crippen molar-refractivity contribution in [3.8, 4) is 0 Å². The molecule has 216 valence electrons. The number of hydrogen-bond acceptors (Lipinski definition) is 6. The molecule has 0 bridgehead atoms. The minimum absolute atomic E-state index is 0.0708. The number of anilines is 1. The Morgan fingerprint density at radius 2 is 1.93 bits per heavy atom. The Bertz CT molecular complexity index is 1200. The van der Waals surface area contributed by atoms with Crippen LogP contribution >= 0.6 is 11.6 Å². The Morgan fingerprint density at radius 1 is 1.20 bits per heavy atom. The summed E-state index contributed by atoms with van der Waals surface area (Å²) in [6, 6.07) is 10.5. The fourth-order valence-corrected chi connectivity index (χ4v) is 5.43. The molecule has 3 amide bonds. The molecule has 2 aromatic rings.